The number of fused-ring (bicyclic) bond motifs is 5. The second kappa shape index (κ2) is 6.34. The van der Waals surface area contributed by atoms with Gasteiger partial charge in [-0.15, -0.1) is 0 Å². The molecule has 4 saturated carbocycles. The summed E-state index contributed by atoms with van der Waals surface area (Å²) in [5.74, 6) is 5.00. The van der Waals surface area contributed by atoms with E-state index in [1.54, 1.807) is 0 Å². The van der Waals surface area contributed by atoms with E-state index < -0.39 is 5.60 Å². The number of hydrogen-bond acceptors (Lipinski definition) is 1. The summed E-state index contributed by atoms with van der Waals surface area (Å²) >= 11 is 3.69. The third-order valence-corrected chi connectivity index (χ3v) is 10.4. The van der Waals surface area contributed by atoms with Crippen molar-refractivity contribution in [2.75, 3.05) is 5.33 Å². The molecule has 4 fully saturated rings. The highest BCUT2D eigenvalue weighted by atomic mass is 79.9. The number of allylic oxidation sites excluding steroid dienone is 1. The van der Waals surface area contributed by atoms with Gasteiger partial charge in [0.2, 0.25) is 0 Å². The summed E-state index contributed by atoms with van der Waals surface area (Å²) in [6, 6.07) is 0. The molecule has 0 spiro atoms. The Labute approximate surface area is 169 Å². The van der Waals surface area contributed by atoms with Crippen molar-refractivity contribution >= 4 is 15.9 Å². The molecule has 4 aliphatic rings. The molecule has 4 rings (SSSR count). The van der Waals surface area contributed by atoms with Gasteiger partial charge >= 0.3 is 0 Å². The Bertz CT molecular complexity index is 579. The summed E-state index contributed by atoms with van der Waals surface area (Å²) in [4.78, 5) is 0. The monoisotopic (exact) mass is 422 g/mol. The average molecular weight is 423 g/mol. The normalized spacial score (nSPS) is 52.7. The van der Waals surface area contributed by atoms with Gasteiger partial charge in [0.1, 0.15) is 0 Å². The number of hydrogen-bond donors (Lipinski definition) is 1. The maximum Gasteiger partial charge on any atom is 0.0622 e. The molecule has 0 radical (unpaired) electrons. The van der Waals surface area contributed by atoms with Gasteiger partial charge in [-0.25, -0.2) is 0 Å². The van der Waals surface area contributed by atoms with Crippen molar-refractivity contribution < 1.29 is 5.11 Å². The standard InChI is InChI=1S/C24H39BrO/c1-15(14-25)19-6-7-20-18-12-22(2,3)21-13-23(4,26)10-8-17(21)16(18)9-11-24(19,20)5/h16-21,26H,1,6-14H2,2-5H3/t16-,17-,18-,19-,20+,21+,23+,24-/m1/s1. The quantitative estimate of drug-likeness (QED) is 0.392. The second-order valence-corrected chi connectivity index (χ2v) is 12.2. The maximum atomic E-state index is 10.7. The van der Waals surface area contributed by atoms with E-state index in [0.29, 0.717) is 16.7 Å². The van der Waals surface area contributed by atoms with Crippen molar-refractivity contribution in [1.82, 2.24) is 0 Å². The van der Waals surface area contributed by atoms with Crippen LogP contribution in [0.3, 0.4) is 0 Å². The average Bonchev–Trinajstić information content (AvgIpc) is 2.91. The summed E-state index contributed by atoms with van der Waals surface area (Å²) < 4.78 is 0. The van der Waals surface area contributed by atoms with Gasteiger partial charge in [-0.1, -0.05) is 48.9 Å². The Morgan fingerprint density at radius 1 is 0.923 bits per heavy atom. The Morgan fingerprint density at radius 3 is 2.31 bits per heavy atom. The third kappa shape index (κ3) is 2.88. The molecule has 0 saturated heterocycles. The van der Waals surface area contributed by atoms with Crippen LogP contribution in [0.15, 0.2) is 12.2 Å². The minimum atomic E-state index is -0.430. The zero-order chi connectivity index (χ0) is 18.9. The van der Waals surface area contributed by atoms with Gasteiger partial charge in [-0.3, -0.25) is 0 Å². The molecule has 0 aromatic heterocycles. The van der Waals surface area contributed by atoms with Crippen LogP contribution in [0, 0.1) is 46.3 Å². The predicted molar refractivity (Wildman–Crippen MR) is 113 cm³/mol. The smallest absolute Gasteiger partial charge is 0.0622 e. The lowest BCUT2D eigenvalue weighted by Crippen LogP contribution is -2.55. The van der Waals surface area contributed by atoms with Crippen molar-refractivity contribution in [2.24, 2.45) is 46.3 Å². The fraction of sp³-hybridized carbons (Fsp3) is 0.917. The molecule has 148 valence electrons. The summed E-state index contributed by atoms with van der Waals surface area (Å²) in [6.45, 7) is 14.1. The van der Waals surface area contributed by atoms with Crippen molar-refractivity contribution in [3.05, 3.63) is 12.2 Å². The minimum absolute atomic E-state index is 0.374. The van der Waals surface area contributed by atoms with Crippen LogP contribution in [0.4, 0.5) is 0 Å². The highest BCUT2D eigenvalue weighted by molar-refractivity contribution is 9.09. The van der Waals surface area contributed by atoms with E-state index in [4.69, 9.17) is 0 Å². The molecule has 8 atom stereocenters. The largest absolute Gasteiger partial charge is 0.390 e. The molecule has 0 aromatic rings. The number of alkyl halides is 1. The lowest BCUT2D eigenvalue weighted by molar-refractivity contribution is -0.144. The van der Waals surface area contributed by atoms with E-state index in [1.807, 2.05) is 0 Å². The fourth-order valence-electron chi connectivity index (χ4n) is 8.44. The Morgan fingerprint density at radius 2 is 1.62 bits per heavy atom. The number of halogens is 1. The van der Waals surface area contributed by atoms with Gasteiger partial charge < -0.3 is 5.11 Å². The predicted octanol–water partition coefficient (Wildman–Crippen LogP) is 6.59. The Balaban J connectivity index is 1.63. The molecule has 1 nitrogen and oxygen atoms in total. The van der Waals surface area contributed by atoms with Gasteiger partial charge in [-0.2, -0.15) is 0 Å². The first-order chi connectivity index (χ1) is 12.1. The van der Waals surface area contributed by atoms with Gasteiger partial charge in [-0.05, 0) is 105 Å². The van der Waals surface area contributed by atoms with Crippen molar-refractivity contribution in [3.63, 3.8) is 0 Å². The molecule has 0 aliphatic heterocycles. The van der Waals surface area contributed by atoms with E-state index in [9.17, 15) is 5.11 Å². The van der Waals surface area contributed by atoms with Crippen LogP contribution in [0.25, 0.3) is 0 Å². The number of aliphatic hydroxyl groups is 1. The van der Waals surface area contributed by atoms with Crippen LogP contribution < -0.4 is 0 Å². The first kappa shape index (κ1) is 19.5. The lowest BCUT2D eigenvalue weighted by atomic mass is 9.44. The van der Waals surface area contributed by atoms with Crippen LogP contribution in [0.2, 0.25) is 0 Å². The van der Waals surface area contributed by atoms with Gasteiger partial charge in [0.15, 0.2) is 0 Å². The molecular formula is C24H39BrO. The van der Waals surface area contributed by atoms with Crippen molar-refractivity contribution in [1.29, 1.82) is 0 Å². The zero-order valence-electron chi connectivity index (χ0n) is 17.4. The minimum Gasteiger partial charge on any atom is -0.390 e. The summed E-state index contributed by atoms with van der Waals surface area (Å²) in [5.41, 5.74) is 1.87. The lowest BCUT2D eigenvalue weighted by Gasteiger charge is -2.61. The molecule has 0 amide bonds. The van der Waals surface area contributed by atoms with E-state index in [-0.39, 0.29) is 0 Å². The zero-order valence-corrected chi connectivity index (χ0v) is 18.9. The van der Waals surface area contributed by atoms with Crippen LogP contribution in [0.5, 0.6) is 0 Å². The summed E-state index contributed by atoms with van der Waals surface area (Å²) in [7, 11) is 0. The summed E-state index contributed by atoms with van der Waals surface area (Å²) in [6.07, 6.45) is 10.3. The van der Waals surface area contributed by atoms with E-state index in [1.165, 1.54) is 44.1 Å². The SMILES string of the molecule is C=C(CBr)[C@H]1CC[C@H]2[C@@H]3CC(C)(C)[C@H]4C[C@@](C)(O)CC[C@@H]4[C@H]3CC[C@]12C. The molecule has 0 aromatic carbocycles. The van der Waals surface area contributed by atoms with Crippen LogP contribution in [-0.4, -0.2) is 16.0 Å². The van der Waals surface area contributed by atoms with Crippen LogP contribution in [-0.2, 0) is 0 Å². The molecule has 4 aliphatic carbocycles. The molecule has 26 heavy (non-hydrogen) atoms. The van der Waals surface area contributed by atoms with Crippen LogP contribution in [0.1, 0.15) is 79.1 Å². The molecule has 2 heteroatoms. The van der Waals surface area contributed by atoms with Crippen molar-refractivity contribution in [3.8, 4) is 0 Å². The highest BCUT2D eigenvalue weighted by Crippen LogP contribution is 2.68. The number of rotatable bonds is 2. The summed E-state index contributed by atoms with van der Waals surface area (Å²) in [5, 5.41) is 11.7. The Kier molecular flexibility index (Phi) is 4.76. The molecule has 0 heterocycles. The maximum absolute atomic E-state index is 10.7. The molecule has 0 bridgehead atoms. The van der Waals surface area contributed by atoms with Crippen molar-refractivity contribution in [2.45, 2.75) is 84.7 Å². The fourth-order valence-corrected chi connectivity index (χ4v) is 8.83. The van der Waals surface area contributed by atoms with Crippen LogP contribution >= 0.6 is 15.9 Å². The van der Waals surface area contributed by atoms with E-state index in [2.05, 4.69) is 50.2 Å². The van der Waals surface area contributed by atoms with E-state index >= 15 is 0 Å². The van der Waals surface area contributed by atoms with Gasteiger partial charge in [0.05, 0.1) is 5.60 Å². The van der Waals surface area contributed by atoms with E-state index in [0.717, 1.165) is 47.8 Å². The van der Waals surface area contributed by atoms with Gasteiger partial charge in [0, 0.05) is 5.33 Å². The highest BCUT2D eigenvalue weighted by Gasteiger charge is 2.60. The molecule has 0 unspecified atom stereocenters. The molecular weight excluding hydrogens is 384 g/mol. The third-order valence-electron chi connectivity index (χ3n) is 9.67. The topological polar surface area (TPSA) is 20.2 Å². The van der Waals surface area contributed by atoms with Gasteiger partial charge in [0.25, 0.3) is 0 Å². The second-order valence-electron chi connectivity index (χ2n) is 11.6. The Hall–Kier alpha value is 0.180. The first-order valence-electron chi connectivity index (χ1n) is 11.0. The molecule has 1 N–H and O–H groups in total. The first-order valence-corrected chi connectivity index (χ1v) is 12.2.